The van der Waals surface area contributed by atoms with Crippen LogP contribution in [-0.2, 0) is 0 Å². The number of amides is 1. The number of nitriles is 1. The van der Waals surface area contributed by atoms with E-state index >= 15 is 0 Å². The summed E-state index contributed by atoms with van der Waals surface area (Å²) in [5, 5.41) is 8.81. The summed E-state index contributed by atoms with van der Waals surface area (Å²) in [6.45, 7) is 5.80. The smallest absolute Gasteiger partial charge is 0.255 e. The molecule has 1 aliphatic heterocycles. The van der Waals surface area contributed by atoms with E-state index < -0.39 is 0 Å². The van der Waals surface area contributed by atoms with Crippen LogP contribution in [0.2, 0.25) is 0 Å². The van der Waals surface area contributed by atoms with Gasteiger partial charge in [-0.15, -0.1) is 0 Å². The van der Waals surface area contributed by atoms with E-state index in [0.717, 1.165) is 19.6 Å². The van der Waals surface area contributed by atoms with Gasteiger partial charge in [0.05, 0.1) is 17.6 Å². The van der Waals surface area contributed by atoms with Gasteiger partial charge in [-0.25, -0.2) is 0 Å². The summed E-state index contributed by atoms with van der Waals surface area (Å²) >= 11 is 0. The molecule has 100 valence electrons. The summed E-state index contributed by atoms with van der Waals surface area (Å²) in [5.74, 6) is 0.0849. The molecule has 1 saturated heterocycles. The molecule has 5 heteroatoms. The van der Waals surface area contributed by atoms with Gasteiger partial charge in [-0.1, -0.05) is 0 Å². The Kier molecular flexibility index (Phi) is 4.48. The molecule has 0 radical (unpaired) electrons. The van der Waals surface area contributed by atoms with Gasteiger partial charge in [-0.3, -0.25) is 14.7 Å². The van der Waals surface area contributed by atoms with Crippen LogP contribution in [0, 0.1) is 17.2 Å². The molecule has 1 aromatic rings. The highest BCUT2D eigenvalue weighted by molar-refractivity contribution is 5.93. The SMILES string of the molecule is CC(C#N)CN1CCN(C(=O)c2cccnc2)CC1. The fourth-order valence-corrected chi connectivity index (χ4v) is 2.23. The van der Waals surface area contributed by atoms with Gasteiger partial charge in [0.2, 0.25) is 0 Å². The average molecular weight is 258 g/mol. The van der Waals surface area contributed by atoms with Crippen LogP contribution in [0.5, 0.6) is 0 Å². The van der Waals surface area contributed by atoms with Crippen molar-refractivity contribution in [2.24, 2.45) is 5.92 Å². The van der Waals surface area contributed by atoms with Crippen molar-refractivity contribution < 1.29 is 4.79 Å². The third-order valence-electron chi connectivity index (χ3n) is 3.32. The molecule has 1 unspecified atom stereocenters. The van der Waals surface area contributed by atoms with Gasteiger partial charge >= 0.3 is 0 Å². The number of rotatable bonds is 3. The first-order chi connectivity index (χ1) is 9.20. The Morgan fingerprint density at radius 3 is 2.79 bits per heavy atom. The molecule has 1 aromatic heterocycles. The van der Waals surface area contributed by atoms with Crippen LogP contribution in [0.4, 0.5) is 0 Å². The molecule has 1 fully saturated rings. The van der Waals surface area contributed by atoms with Crippen molar-refractivity contribution in [3.05, 3.63) is 30.1 Å². The average Bonchev–Trinajstić information content (AvgIpc) is 2.48. The molecule has 0 N–H and O–H groups in total. The van der Waals surface area contributed by atoms with Crippen LogP contribution >= 0.6 is 0 Å². The van der Waals surface area contributed by atoms with E-state index in [2.05, 4.69) is 16.0 Å². The topological polar surface area (TPSA) is 60.2 Å². The Hall–Kier alpha value is -1.93. The first kappa shape index (κ1) is 13.5. The standard InChI is InChI=1S/C14H18N4O/c1-12(9-15)11-17-5-7-18(8-6-17)14(19)13-3-2-4-16-10-13/h2-4,10,12H,5-8,11H2,1H3. The maximum absolute atomic E-state index is 12.2. The molecule has 1 amide bonds. The molecule has 0 aliphatic carbocycles. The number of hydrogen-bond acceptors (Lipinski definition) is 4. The molecular weight excluding hydrogens is 240 g/mol. The van der Waals surface area contributed by atoms with Crippen LogP contribution in [0.15, 0.2) is 24.5 Å². The summed E-state index contributed by atoms with van der Waals surface area (Å²) in [4.78, 5) is 20.3. The zero-order valence-electron chi connectivity index (χ0n) is 11.1. The van der Waals surface area contributed by atoms with Crippen LogP contribution in [0.25, 0.3) is 0 Å². The molecule has 2 rings (SSSR count). The van der Waals surface area contributed by atoms with Gasteiger partial charge in [0, 0.05) is 45.1 Å². The van der Waals surface area contributed by atoms with Crippen LogP contribution in [0.3, 0.4) is 0 Å². The highest BCUT2D eigenvalue weighted by Gasteiger charge is 2.22. The first-order valence-corrected chi connectivity index (χ1v) is 6.52. The number of aromatic nitrogens is 1. The first-order valence-electron chi connectivity index (χ1n) is 6.52. The van der Waals surface area contributed by atoms with E-state index in [9.17, 15) is 4.79 Å². The summed E-state index contributed by atoms with van der Waals surface area (Å²) in [5.41, 5.74) is 0.640. The monoisotopic (exact) mass is 258 g/mol. The second kappa shape index (κ2) is 6.30. The van der Waals surface area contributed by atoms with E-state index in [0.29, 0.717) is 18.7 Å². The van der Waals surface area contributed by atoms with E-state index in [1.807, 2.05) is 11.8 Å². The Balaban J connectivity index is 1.87. The third-order valence-corrected chi connectivity index (χ3v) is 3.32. The van der Waals surface area contributed by atoms with E-state index in [-0.39, 0.29) is 11.8 Å². The zero-order chi connectivity index (χ0) is 13.7. The highest BCUT2D eigenvalue weighted by Crippen LogP contribution is 2.09. The van der Waals surface area contributed by atoms with E-state index in [1.54, 1.807) is 24.5 Å². The van der Waals surface area contributed by atoms with Gasteiger partial charge < -0.3 is 4.90 Å². The molecule has 0 spiro atoms. The predicted octanol–water partition coefficient (Wildman–Crippen LogP) is 0.999. The fourth-order valence-electron chi connectivity index (χ4n) is 2.23. The summed E-state index contributed by atoms with van der Waals surface area (Å²) in [6, 6.07) is 5.81. The predicted molar refractivity (Wildman–Crippen MR) is 71.4 cm³/mol. The lowest BCUT2D eigenvalue weighted by Crippen LogP contribution is -2.49. The van der Waals surface area contributed by atoms with Crippen molar-refractivity contribution in [1.29, 1.82) is 5.26 Å². The van der Waals surface area contributed by atoms with Crippen LogP contribution in [-0.4, -0.2) is 53.4 Å². The molecular formula is C14H18N4O. The molecule has 19 heavy (non-hydrogen) atoms. The van der Waals surface area contributed by atoms with Crippen LogP contribution in [0.1, 0.15) is 17.3 Å². The van der Waals surface area contributed by atoms with Gasteiger partial charge in [0.25, 0.3) is 5.91 Å². The second-order valence-corrected chi connectivity index (χ2v) is 4.86. The normalized spacial score (nSPS) is 17.8. The number of pyridine rings is 1. The minimum Gasteiger partial charge on any atom is -0.336 e. The van der Waals surface area contributed by atoms with Gasteiger partial charge in [-0.05, 0) is 19.1 Å². The van der Waals surface area contributed by atoms with Crippen molar-refractivity contribution >= 4 is 5.91 Å². The fraction of sp³-hybridized carbons (Fsp3) is 0.500. The number of carbonyl (C=O) groups excluding carboxylic acids is 1. The molecule has 0 saturated carbocycles. The van der Waals surface area contributed by atoms with Crippen LogP contribution < -0.4 is 0 Å². The largest absolute Gasteiger partial charge is 0.336 e. The lowest BCUT2D eigenvalue weighted by atomic mass is 10.1. The minimum absolute atomic E-state index is 0.0422. The molecule has 0 bridgehead atoms. The lowest BCUT2D eigenvalue weighted by molar-refractivity contribution is 0.0628. The number of piperazine rings is 1. The molecule has 1 aliphatic rings. The quantitative estimate of drug-likeness (QED) is 0.811. The van der Waals surface area contributed by atoms with Crippen molar-refractivity contribution in [3.8, 4) is 6.07 Å². The van der Waals surface area contributed by atoms with E-state index in [1.165, 1.54) is 0 Å². The highest BCUT2D eigenvalue weighted by atomic mass is 16.2. The Bertz CT molecular complexity index is 460. The molecule has 2 heterocycles. The second-order valence-electron chi connectivity index (χ2n) is 4.86. The van der Waals surface area contributed by atoms with E-state index in [4.69, 9.17) is 5.26 Å². The Labute approximate surface area is 113 Å². The van der Waals surface area contributed by atoms with Crippen molar-refractivity contribution in [3.63, 3.8) is 0 Å². The third kappa shape index (κ3) is 3.52. The Morgan fingerprint density at radius 2 is 2.21 bits per heavy atom. The molecule has 0 aromatic carbocycles. The lowest BCUT2D eigenvalue weighted by Gasteiger charge is -2.35. The van der Waals surface area contributed by atoms with Crippen molar-refractivity contribution in [1.82, 2.24) is 14.8 Å². The molecule has 5 nitrogen and oxygen atoms in total. The minimum atomic E-state index is 0.0422. The summed E-state index contributed by atoms with van der Waals surface area (Å²) < 4.78 is 0. The van der Waals surface area contributed by atoms with Gasteiger partial charge in [-0.2, -0.15) is 5.26 Å². The van der Waals surface area contributed by atoms with Gasteiger partial charge in [0.15, 0.2) is 0 Å². The van der Waals surface area contributed by atoms with Crippen molar-refractivity contribution in [2.45, 2.75) is 6.92 Å². The number of carbonyl (C=O) groups is 1. The maximum atomic E-state index is 12.2. The van der Waals surface area contributed by atoms with Crippen molar-refractivity contribution in [2.75, 3.05) is 32.7 Å². The summed E-state index contributed by atoms with van der Waals surface area (Å²) in [7, 11) is 0. The molecule has 1 atom stereocenters. The number of hydrogen-bond donors (Lipinski definition) is 0. The summed E-state index contributed by atoms with van der Waals surface area (Å²) in [6.07, 6.45) is 3.27. The Morgan fingerprint density at radius 1 is 1.47 bits per heavy atom. The number of nitrogens with zero attached hydrogens (tertiary/aromatic N) is 4. The zero-order valence-corrected chi connectivity index (χ0v) is 11.1. The van der Waals surface area contributed by atoms with Gasteiger partial charge in [0.1, 0.15) is 0 Å². The maximum Gasteiger partial charge on any atom is 0.255 e.